The predicted molar refractivity (Wildman–Crippen MR) is 104 cm³/mol. The number of nitrogens with zero attached hydrogens (tertiary/aromatic N) is 1. The standard InChI is InChI=1S/C23H27NO3/c1-2-27-22(26)18-13-21-23(15-17-7-4-3-5-8-17)11-10-20(25)14-19(23)9-6-12-24(21)16-18/h3-5,7-8,13,16,19H,2,6,9-12,14-15H2,1H3. The van der Waals surface area contributed by atoms with Gasteiger partial charge in [0.15, 0.2) is 0 Å². The van der Waals surface area contributed by atoms with Crippen molar-refractivity contribution in [2.24, 2.45) is 5.92 Å². The van der Waals surface area contributed by atoms with Crippen molar-refractivity contribution in [1.29, 1.82) is 0 Å². The lowest BCUT2D eigenvalue weighted by Crippen LogP contribution is -2.43. The van der Waals surface area contributed by atoms with E-state index in [-0.39, 0.29) is 11.4 Å². The summed E-state index contributed by atoms with van der Waals surface area (Å²) < 4.78 is 7.49. The molecule has 1 aliphatic carbocycles. The average molecular weight is 365 g/mol. The molecule has 2 unspecified atom stereocenters. The number of carbonyl (C=O) groups is 2. The van der Waals surface area contributed by atoms with Crippen LogP contribution in [0.15, 0.2) is 42.6 Å². The second-order valence-corrected chi connectivity index (χ2v) is 7.93. The molecule has 1 aromatic heterocycles. The third kappa shape index (κ3) is 3.33. The predicted octanol–water partition coefficient (Wildman–Crippen LogP) is 4.31. The molecule has 1 saturated carbocycles. The van der Waals surface area contributed by atoms with E-state index in [0.29, 0.717) is 36.7 Å². The zero-order valence-corrected chi connectivity index (χ0v) is 15.9. The minimum Gasteiger partial charge on any atom is -0.462 e. The number of ketones is 1. The summed E-state index contributed by atoms with van der Waals surface area (Å²) in [7, 11) is 0. The number of hydrogen-bond acceptors (Lipinski definition) is 3. The zero-order valence-electron chi connectivity index (χ0n) is 15.9. The zero-order chi connectivity index (χ0) is 18.9. The Morgan fingerprint density at radius 1 is 1.30 bits per heavy atom. The minimum absolute atomic E-state index is 0.0868. The van der Waals surface area contributed by atoms with Crippen molar-refractivity contribution >= 4 is 11.8 Å². The Morgan fingerprint density at radius 3 is 2.89 bits per heavy atom. The summed E-state index contributed by atoms with van der Waals surface area (Å²) in [5, 5.41) is 0. The molecule has 4 rings (SSSR count). The van der Waals surface area contributed by atoms with Crippen molar-refractivity contribution in [2.75, 3.05) is 6.61 Å². The summed E-state index contributed by atoms with van der Waals surface area (Å²) in [6.45, 7) is 3.11. The van der Waals surface area contributed by atoms with Crippen LogP contribution in [-0.4, -0.2) is 22.9 Å². The fraction of sp³-hybridized carbons (Fsp3) is 0.478. The molecule has 142 valence electrons. The van der Waals surface area contributed by atoms with Crippen molar-refractivity contribution in [1.82, 2.24) is 4.57 Å². The first kappa shape index (κ1) is 18.0. The Morgan fingerprint density at radius 2 is 2.11 bits per heavy atom. The van der Waals surface area contributed by atoms with Crippen LogP contribution in [0.4, 0.5) is 0 Å². The number of benzene rings is 1. The fourth-order valence-electron chi connectivity index (χ4n) is 5.09. The van der Waals surface area contributed by atoms with Crippen LogP contribution in [0.5, 0.6) is 0 Å². The van der Waals surface area contributed by atoms with Gasteiger partial charge in [-0.05, 0) is 50.2 Å². The summed E-state index contributed by atoms with van der Waals surface area (Å²) in [6, 6.07) is 12.6. The minimum atomic E-state index is -0.253. The molecular formula is C23H27NO3. The number of aromatic nitrogens is 1. The van der Waals surface area contributed by atoms with E-state index >= 15 is 0 Å². The third-order valence-corrected chi connectivity index (χ3v) is 6.34. The lowest BCUT2D eigenvalue weighted by molar-refractivity contribution is -0.123. The Bertz CT molecular complexity index is 839. The van der Waals surface area contributed by atoms with E-state index in [0.717, 1.165) is 32.2 Å². The van der Waals surface area contributed by atoms with Gasteiger partial charge in [0.25, 0.3) is 0 Å². The molecule has 0 spiro atoms. The fourth-order valence-corrected chi connectivity index (χ4v) is 5.09. The van der Waals surface area contributed by atoms with Crippen molar-refractivity contribution in [3.63, 3.8) is 0 Å². The molecule has 0 N–H and O–H groups in total. The molecule has 4 heteroatoms. The Balaban J connectivity index is 1.80. The van der Waals surface area contributed by atoms with Crippen LogP contribution < -0.4 is 0 Å². The summed E-state index contributed by atoms with van der Waals surface area (Å²) in [5.74, 6) is 0.468. The van der Waals surface area contributed by atoms with E-state index in [1.807, 2.05) is 25.3 Å². The average Bonchev–Trinajstić information content (AvgIpc) is 3.04. The summed E-state index contributed by atoms with van der Waals surface area (Å²) >= 11 is 0. The van der Waals surface area contributed by atoms with Gasteiger partial charge in [0.2, 0.25) is 0 Å². The molecule has 4 nitrogen and oxygen atoms in total. The first-order valence-electron chi connectivity index (χ1n) is 10.1. The molecule has 1 aliphatic heterocycles. The number of rotatable bonds is 4. The van der Waals surface area contributed by atoms with Crippen LogP contribution in [0.2, 0.25) is 0 Å². The molecule has 27 heavy (non-hydrogen) atoms. The van der Waals surface area contributed by atoms with Crippen LogP contribution in [0.3, 0.4) is 0 Å². The molecule has 1 fully saturated rings. The Kier molecular flexibility index (Phi) is 4.90. The lowest BCUT2D eigenvalue weighted by atomic mass is 9.60. The van der Waals surface area contributed by atoms with Gasteiger partial charge < -0.3 is 9.30 Å². The van der Waals surface area contributed by atoms with Crippen LogP contribution in [0, 0.1) is 5.92 Å². The third-order valence-electron chi connectivity index (χ3n) is 6.34. The summed E-state index contributed by atoms with van der Waals surface area (Å²) in [6.07, 6.45) is 7.12. The number of esters is 1. The van der Waals surface area contributed by atoms with E-state index in [9.17, 15) is 9.59 Å². The van der Waals surface area contributed by atoms with Crippen molar-refractivity contribution in [2.45, 2.75) is 57.4 Å². The SMILES string of the molecule is CCOC(=O)c1cc2n(c1)CCCC1CC(=O)CCC21Cc1ccccc1. The molecule has 2 atom stereocenters. The number of fused-ring (bicyclic) bond motifs is 3. The molecule has 2 aliphatic rings. The Hall–Kier alpha value is -2.36. The van der Waals surface area contributed by atoms with Crippen LogP contribution >= 0.6 is 0 Å². The number of Topliss-reactive ketones (excluding diaryl/α,β-unsaturated/α-hetero) is 1. The molecule has 0 amide bonds. The van der Waals surface area contributed by atoms with Crippen molar-refractivity contribution in [3.8, 4) is 0 Å². The monoisotopic (exact) mass is 365 g/mol. The molecule has 2 aromatic rings. The molecular weight excluding hydrogens is 338 g/mol. The second-order valence-electron chi connectivity index (χ2n) is 7.93. The van der Waals surface area contributed by atoms with E-state index < -0.39 is 0 Å². The molecule has 1 aromatic carbocycles. The molecule has 0 bridgehead atoms. The molecule has 2 heterocycles. The van der Waals surface area contributed by atoms with Gasteiger partial charge in [-0.15, -0.1) is 0 Å². The van der Waals surface area contributed by atoms with Gasteiger partial charge in [-0.25, -0.2) is 4.79 Å². The highest BCUT2D eigenvalue weighted by atomic mass is 16.5. The van der Waals surface area contributed by atoms with Gasteiger partial charge in [0, 0.05) is 36.7 Å². The number of hydrogen-bond donors (Lipinski definition) is 0. The lowest BCUT2D eigenvalue weighted by Gasteiger charge is -2.43. The Labute approximate surface area is 160 Å². The highest BCUT2D eigenvalue weighted by molar-refractivity contribution is 5.89. The van der Waals surface area contributed by atoms with Gasteiger partial charge in [-0.1, -0.05) is 30.3 Å². The first-order chi connectivity index (χ1) is 13.1. The largest absolute Gasteiger partial charge is 0.462 e. The van der Waals surface area contributed by atoms with E-state index in [1.54, 1.807) is 0 Å². The van der Waals surface area contributed by atoms with Crippen LogP contribution in [0.25, 0.3) is 0 Å². The molecule has 0 radical (unpaired) electrons. The van der Waals surface area contributed by atoms with Gasteiger partial charge in [0.05, 0.1) is 12.2 Å². The summed E-state index contributed by atoms with van der Waals surface area (Å²) in [4.78, 5) is 24.6. The highest BCUT2D eigenvalue weighted by Gasteiger charge is 2.47. The highest BCUT2D eigenvalue weighted by Crippen LogP contribution is 2.49. The number of carbonyl (C=O) groups excluding carboxylic acids is 2. The maximum atomic E-state index is 12.3. The van der Waals surface area contributed by atoms with Crippen molar-refractivity contribution in [3.05, 3.63) is 59.4 Å². The molecule has 0 saturated heterocycles. The van der Waals surface area contributed by atoms with Crippen LogP contribution in [-0.2, 0) is 27.9 Å². The van der Waals surface area contributed by atoms with E-state index in [1.165, 1.54) is 11.3 Å². The maximum absolute atomic E-state index is 12.3. The van der Waals surface area contributed by atoms with Gasteiger partial charge in [-0.3, -0.25) is 4.79 Å². The van der Waals surface area contributed by atoms with Crippen molar-refractivity contribution < 1.29 is 14.3 Å². The van der Waals surface area contributed by atoms with Gasteiger partial charge in [0.1, 0.15) is 5.78 Å². The van der Waals surface area contributed by atoms with E-state index in [2.05, 4.69) is 28.8 Å². The van der Waals surface area contributed by atoms with Crippen LogP contribution in [0.1, 0.15) is 60.6 Å². The van der Waals surface area contributed by atoms with Gasteiger partial charge in [-0.2, -0.15) is 0 Å². The maximum Gasteiger partial charge on any atom is 0.339 e. The van der Waals surface area contributed by atoms with Gasteiger partial charge >= 0.3 is 5.97 Å². The first-order valence-corrected chi connectivity index (χ1v) is 10.1. The topological polar surface area (TPSA) is 48.3 Å². The number of aryl methyl sites for hydroxylation is 1. The smallest absolute Gasteiger partial charge is 0.339 e. The quantitative estimate of drug-likeness (QED) is 0.759. The normalized spacial score (nSPS) is 24.6. The number of ether oxygens (including phenoxy) is 1. The van der Waals surface area contributed by atoms with E-state index in [4.69, 9.17) is 4.74 Å². The summed E-state index contributed by atoms with van der Waals surface area (Å²) in [5.41, 5.74) is 3.06. The second kappa shape index (κ2) is 7.34.